The predicted octanol–water partition coefficient (Wildman–Crippen LogP) is 4.97. The fourth-order valence-corrected chi connectivity index (χ4v) is 2.68. The van der Waals surface area contributed by atoms with E-state index in [1.807, 2.05) is 32.0 Å². The predicted molar refractivity (Wildman–Crippen MR) is 83.0 cm³/mol. The Morgan fingerprint density at radius 1 is 1.16 bits per heavy atom. The Morgan fingerprint density at radius 3 is 2.53 bits per heavy atom. The molecule has 2 nitrogen and oxygen atoms in total. The minimum Gasteiger partial charge on any atom is -0.322 e. The van der Waals surface area contributed by atoms with E-state index in [9.17, 15) is 4.79 Å². The molecule has 0 fully saturated rings. The van der Waals surface area contributed by atoms with Gasteiger partial charge in [0.15, 0.2) is 0 Å². The average molecular weight is 339 g/mol. The number of anilines is 1. The van der Waals surface area contributed by atoms with Crippen molar-refractivity contribution >= 4 is 39.1 Å². The van der Waals surface area contributed by atoms with Crippen molar-refractivity contribution < 1.29 is 4.79 Å². The molecule has 0 aliphatic rings. The minimum absolute atomic E-state index is 0.157. The van der Waals surface area contributed by atoms with Crippen molar-refractivity contribution in [3.05, 3.63) is 62.6 Å². The first kappa shape index (κ1) is 14.1. The van der Waals surface area contributed by atoms with Crippen molar-refractivity contribution in [3.8, 4) is 0 Å². The maximum atomic E-state index is 12.2. The van der Waals surface area contributed by atoms with E-state index in [1.54, 1.807) is 18.2 Å². The lowest BCUT2D eigenvalue weighted by Crippen LogP contribution is -2.13. The molecule has 0 atom stereocenters. The molecule has 0 bridgehead atoms. The number of halogens is 2. The van der Waals surface area contributed by atoms with Crippen molar-refractivity contribution in [2.45, 2.75) is 13.8 Å². The van der Waals surface area contributed by atoms with Crippen LogP contribution in [0.4, 0.5) is 5.69 Å². The highest BCUT2D eigenvalue weighted by molar-refractivity contribution is 9.10. The molecule has 0 aliphatic carbocycles. The van der Waals surface area contributed by atoms with Gasteiger partial charge >= 0.3 is 0 Å². The second-order valence-electron chi connectivity index (χ2n) is 4.40. The van der Waals surface area contributed by atoms with E-state index in [1.165, 1.54) is 5.56 Å². The lowest BCUT2D eigenvalue weighted by Gasteiger charge is -2.10. The summed E-state index contributed by atoms with van der Waals surface area (Å²) in [5, 5.41) is 3.49. The summed E-state index contributed by atoms with van der Waals surface area (Å²) in [5.41, 5.74) is 3.59. The van der Waals surface area contributed by atoms with E-state index < -0.39 is 0 Å². The van der Waals surface area contributed by atoms with Crippen molar-refractivity contribution in [3.63, 3.8) is 0 Å². The maximum Gasteiger partial charge on any atom is 0.256 e. The average Bonchev–Trinajstić information content (AvgIpc) is 2.32. The molecule has 0 heterocycles. The zero-order chi connectivity index (χ0) is 14.0. The van der Waals surface area contributed by atoms with Gasteiger partial charge in [0, 0.05) is 15.2 Å². The number of carbonyl (C=O) groups is 1. The first-order valence-electron chi connectivity index (χ1n) is 5.81. The normalized spacial score (nSPS) is 10.3. The molecule has 0 spiro atoms. The summed E-state index contributed by atoms with van der Waals surface area (Å²) in [6.45, 7) is 3.99. The second-order valence-corrected chi connectivity index (χ2v) is 5.69. The molecule has 2 aromatic rings. The lowest BCUT2D eigenvalue weighted by atomic mass is 10.1. The van der Waals surface area contributed by atoms with Crippen LogP contribution in [0, 0.1) is 13.8 Å². The summed E-state index contributed by atoms with van der Waals surface area (Å²) in [7, 11) is 0. The summed E-state index contributed by atoms with van der Waals surface area (Å²) in [6, 6.07) is 11.0. The van der Waals surface area contributed by atoms with Crippen LogP contribution in [0.2, 0.25) is 5.02 Å². The van der Waals surface area contributed by atoms with Gasteiger partial charge in [-0.25, -0.2) is 0 Å². The number of amides is 1. The van der Waals surface area contributed by atoms with E-state index in [0.717, 1.165) is 11.3 Å². The van der Waals surface area contributed by atoms with Crippen molar-refractivity contribution in [2.75, 3.05) is 5.32 Å². The Hall–Kier alpha value is -1.32. The molecule has 1 N–H and O–H groups in total. The van der Waals surface area contributed by atoms with Crippen LogP contribution < -0.4 is 5.32 Å². The molecule has 0 radical (unpaired) electrons. The Kier molecular flexibility index (Phi) is 4.27. The van der Waals surface area contributed by atoms with Gasteiger partial charge < -0.3 is 5.32 Å². The SMILES string of the molecule is Cc1ccc(NC(=O)c2ccc(Cl)cc2Br)c(C)c1. The van der Waals surface area contributed by atoms with Crippen LogP contribution in [0.3, 0.4) is 0 Å². The topological polar surface area (TPSA) is 29.1 Å². The fourth-order valence-electron chi connectivity index (χ4n) is 1.82. The van der Waals surface area contributed by atoms with Gasteiger partial charge in [0.1, 0.15) is 0 Å². The molecule has 2 rings (SSSR count). The maximum absolute atomic E-state index is 12.2. The van der Waals surface area contributed by atoms with Crippen LogP contribution in [0.15, 0.2) is 40.9 Å². The summed E-state index contributed by atoms with van der Waals surface area (Å²) >= 11 is 9.21. The van der Waals surface area contributed by atoms with E-state index in [-0.39, 0.29) is 5.91 Å². The van der Waals surface area contributed by atoms with Gasteiger partial charge in [-0.05, 0) is 59.6 Å². The molecule has 2 aromatic carbocycles. The van der Waals surface area contributed by atoms with Crippen LogP contribution in [0.25, 0.3) is 0 Å². The number of hydrogen-bond donors (Lipinski definition) is 1. The number of aryl methyl sites for hydroxylation is 2. The first-order chi connectivity index (χ1) is 8.97. The third-order valence-corrected chi connectivity index (χ3v) is 3.70. The van der Waals surface area contributed by atoms with Gasteiger partial charge in [0.25, 0.3) is 5.91 Å². The number of rotatable bonds is 2. The number of carbonyl (C=O) groups excluding carboxylic acids is 1. The Morgan fingerprint density at radius 2 is 1.89 bits per heavy atom. The van der Waals surface area contributed by atoms with Crippen molar-refractivity contribution in [2.24, 2.45) is 0 Å². The number of hydrogen-bond acceptors (Lipinski definition) is 1. The third-order valence-electron chi connectivity index (χ3n) is 2.81. The van der Waals surface area contributed by atoms with E-state index in [2.05, 4.69) is 21.2 Å². The van der Waals surface area contributed by atoms with Gasteiger partial charge in [-0.2, -0.15) is 0 Å². The van der Waals surface area contributed by atoms with Gasteiger partial charge in [0.05, 0.1) is 5.56 Å². The largest absolute Gasteiger partial charge is 0.322 e. The highest BCUT2D eigenvalue weighted by Crippen LogP contribution is 2.23. The van der Waals surface area contributed by atoms with Gasteiger partial charge in [0.2, 0.25) is 0 Å². The van der Waals surface area contributed by atoms with E-state index in [0.29, 0.717) is 15.1 Å². The van der Waals surface area contributed by atoms with Gasteiger partial charge in [-0.3, -0.25) is 4.79 Å². The zero-order valence-corrected chi connectivity index (χ0v) is 13.0. The first-order valence-corrected chi connectivity index (χ1v) is 6.98. The van der Waals surface area contributed by atoms with Gasteiger partial charge in [-0.15, -0.1) is 0 Å². The second kappa shape index (κ2) is 5.76. The molecule has 19 heavy (non-hydrogen) atoms. The molecule has 0 unspecified atom stereocenters. The van der Waals surface area contributed by atoms with E-state index in [4.69, 9.17) is 11.6 Å². The Labute approximate surface area is 125 Å². The summed E-state index contributed by atoms with van der Waals surface area (Å²) < 4.78 is 0.683. The molecular formula is C15H13BrClNO. The number of nitrogens with one attached hydrogen (secondary N) is 1. The molecule has 4 heteroatoms. The van der Waals surface area contributed by atoms with E-state index >= 15 is 0 Å². The molecule has 98 valence electrons. The quantitative estimate of drug-likeness (QED) is 0.823. The van der Waals surface area contributed by atoms with Crippen LogP contribution in [0.1, 0.15) is 21.5 Å². The minimum atomic E-state index is -0.157. The standard InChI is InChI=1S/C15H13BrClNO/c1-9-3-6-14(10(2)7-9)18-15(19)12-5-4-11(17)8-13(12)16/h3-8H,1-2H3,(H,18,19). The van der Waals surface area contributed by atoms with Crippen molar-refractivity contribution in [1.82, 2.24) is 0 Å². The Bertz CT molecular complexity index is 640. The smallest absolute Gasteiger partial charge is 0.256 e. The molecular weight excluding hydrogens is 326 g/mol. The van der Waals surface area contributed by atoms with Crippen LogP contribution in [-0.4, -0.2) is 5.91 Å². The highest BCUT2D eigenvalue weighted by Gasteiger charge is 2.11. The summed E-state index contributed by atoms with van der Waals surface area (Å²) in [6.07, 6.45) is 0. The molecule has 0 aromatic heterocycles. The molecule has 1 amide bonds. The van der Waals surface area contributed by atoms with Crippen LogP contribution in [0.5, 0.6) is 0 Å². The Balaban J connectivity index is 2.25. The monoisotopic (exact) mass is 337 g/mol. The highest BCUT2D eigenvalue weighted by atomic mass is 79.9. The lowest BCUT2D eigenvalue weighted by molar-refractivity contribution is 0.102. The van der Waals surface area contributed by atoms with Crippen molar-refractivity contribution in [1.29, 1.82) is 0 Å². The van der Waals surface area contributed by atoms with Gasteiger partial charge in [-0.1, -0.05) is 29.3 Å². The molecule has 0 saturated carbocycles. The molecule has 0 aliphatic heterocycles. The third kappa shape index (κ3) is 3.37. The number of benzene rings is 2. The fraction of sp³-hybridized carbons (Fsp3) is 0.133. The summed E-state index contributed by atoms with van der Waals surface area (Å²) in [4.78, 5) is 12.2. The van der Waals surface area contributed by atoms with Crippen LogP contribution in [-0.2, 0) is 0 Å². The zero-order valence-electron chi connectivity index (χ0n) is 10.6. The summed E-state index contributed by atoms with van der Waals surface area (Å²) in [5.74, 6) is -0.157. The molecule has 0 saturated heterocycles. The van der Waals surface area contributed by atoms with Crippen LogP contribution >= 0.6 is 27.5 Å².